The molecule has 0 saturated carbocycles. The van der Waals surface area contributed by atoms with E-state index in [1.54, 1.807) is 0 Å². The van der Waals surface area contributed by atoms with Gasteiger partial charge in [-0.3, -0.25) is 4.57 Å². The molecule has 0 fully saturated rings. The van der Waals surface area contributed by atoms with Crippen molar-refractivity contribution in [1.29, 1.82) is 0 Å². The Kier molecular flexibility index (Phi) is 5.83. The van der Waals surface area contributed by atoms with Crippen LogP contribution in [0.5, 0.6) is 11.5 Å². The van der Waals surface area contributed by atoms with Gasteiger partial charge in [0, 0.05) is 5.56 Å². The number of allylic oxidation sites excluding steroid dienone is 1. The maximum atomic E-state index is 13.5. The normalized spacial score (nSPS) is 18.0. The van der Waals surface area contributed by atoms with Crippen LogP contribution in [0, 0.1) is 0 Å². The Bertz CT molecular complexity index is 706. The molecule has 1 aliphatic heterocycles. The molecule has 1 heterocycles. The number of aliphatic hydroxyl groups is 1. The van der Waals surface area contributed by atoms with Crippen LogP contribution >= 0.6 is 7.60 Å². The van der Waals surface area contributed by atoms with E-state index in [-0.39, 0.29) is 24.5 Å². The van der Waals surface area contributed by atoms with Gasteiger partial charge < -0.3 is 23.6 Å². The number of halogens is 3. The highest BCUT2D eigenvalue weighted by atomic mass is 31.2. The molecule has 0 radical (unpaired) electrons. The molecular weight excluding hydrogens is 364 g/mol. The number of alkyl halides is 3. The van der Waals surface area contributed by atoms with E-state index < -0.39 is 30.9 Å². The summed E-state index contributed by atoms with van der Waals surface area (Å²) in [6.07, 6.45) is -6.89. The van der Waals surface area contributed by atoms with E-state index in [9.17, 15) is 22.8 Å². The predicted octanol–water partition coefficient (Wildman–Crippen LogP) is 4.16. The quantitative estimate of drug-likeness (QED) is 0.745. The highest BCUT2D eigenvalue weighted by Crippen LogP contribution is 2.64. The van der Waals surface area contributed by atoms with Gasteiger partial charge in [0.2, 0.25) is 5.76 Å². The summed E-state index contributed by atoms with van der Waals surface area (Å²) in [6, 6.07) is 3.91. The second-order valence-corrected chi connectivity index (χ2v) is 6.95. The molecule has 0 spiro atoms. The lowest BCUT2D eigenvalue weighted by atomic mass is 10.0. The highest BCUT2D eigenvalue weighted by Gasteiger charge is 2.51. The van der Waals surface area contributed by atoms with E-state index in [0.29, 0.717) is 5.75 Å². The van der Waals surface area contributed by atoms with Gasteiger partial charge in [-0.15, -0.1) is 0 Å². The van der Waals surface area contributed by atoms with Gasteiger partial charge in [0.15, 0.2) is 0 Å². The van der Waals surface area contributed by atoms with Crippen molar-refractivity contribution in [3.8, 4) is 11.5 Å². The number of ether oxygens (including phenoxy) is 2. The van der Waals surface area contributed by atoms with E-state index in [4.69, 9.17) is 18.5 Å². The average molecular weight is 382 g/mol. The average Bonchev–Trinajstić information content (AvgIpc) is 2.53. The lowest BCUT2D eigenvalue weighted by Crippen LogP contribution is -2.27. The van der Waals surface area contributed by atoms with Gasteiger partial charge in [0.05, 0.1) is 20.3 Å². The minimum atomic E-state index is -5.00. The Morgan fingerprint density at radius 1 is 1.24 bits per heavy atom. The lowest BCUT2D eigenvalue weighted by Gasteiger charge is -2.31. The fourth-order valence-corrected chi connectivity index (χ4v) is 4.28. The van der Waals surface area contributed by atoms with E-state index in [2.05, 4.69) is 0 Å². The van der Waals surface area contributed by atoms with E-state index in [1.807, 2.05) is 0 Å². The van der Waals surface area contributed by atoms with E-state index in [1.165, 1.54) is 39.2 Å². The number of hydrogen-bond acceptors (Lipinski definition) is 6. The standard InChI is InChI=1S/C15H18F3O6P/c1-4-22-25(20,23-5-2)13-12(19)10-8-9(21-3)6-7-11(10)24-14(13)15(16,17)18/h6-8,12,19H,4-5H2,1-3H3. The highest BCUT2D eigenvalue weighted by molar-refractivity contribution is 7.58. The summed E-state index contributed by atoms with van der Waals surface area (Å²) >= 11 is 0. The first-order valence-electron chi connectivity index (χ1n) is 7.42. The smallest absolute Gasteiger partial charge is 0.450 e. The zero-order chi connectivity index (χ0) is 18.8. The van der Waals surface area contributed by atoms with Gasteiger partial charge in [-0.2, -0.15) is 13.2 Å². The molecule has 0 bridgehead atoms. The number of fused-ring (bicyclic) bond motifs is 1. The number of hydrogen-bond donors (Lipinski definition) is 1. The molecule has 0 aliphatic carbocycles. The second kappa shape index (κ2) is 7.37. The molecule has 0 amide bonds. The Morgan fingerprint density at radius 3 is 2.32 bits per heavy atom. The van der Waals surface area contributed by atoms with Gasteiger partial charge in [-0.05, 0) is 32.0 Å². The molecule has 140 valence electrons. The summed E-state index contributed by atoms with van der Waals surface area (Å²) in [6.45, 7) is 2.55. The minimum Gasteiger partial charge on any atom is -0.497 e. The Morgan fingerprint density at radius 2 is 1.84 bits per heavy atom. The molecule has 1 aliphatic rings. The SMILES string of the molecule is CCOP(=O)(OCC)C1=C(C(F)(F)F)Oc2ccc(OC)cc2C1O. The molecule has 1 aromatic rings. The summed E-state index contributed by atoms with van der Waals surface area (Å²) < 4.78 is 73.2. The number of aliphatic hydroxyl groups excluding tert-OH is 1. The maximum absolute atomic E-state index is 13.5. The lowest BCUT2D eigenvalue weighted by molar-refractivity contribution is -0.119. The third-order valence-corrected chi connectivity index (χ3v) is 5.60. The first kappa shape index (κ1) is 19.8. The largest absolute Gasteiger partial charge is 0.497 e. The minimum absolute atomic E-state index is 0.0259. The molecule has 10 heteroatoms. The Hall–Kier alpha value is -1.54. The Balaban J connectivity index is 2.68. The fraction of sp³-hybridized carbons (Fsp3) is 0.467. The number of methoxy groups -OCH3 is 1. The molecule has 1 aromatic carbocycles. The van der Waals surface area contributed by atoms with Crippen LogP contribution in [0.15, 0.2) is 29.3 Å². The van der Waals surface area contributed by atoms with Crippen molar-refractivity contribution in [1.82, 2.24) is 0 Å². The van der Waals surface area contributed by atoms with Gasteiger partial charge in [0.25, 0.3) is 0 Å². The van der Waals surface area contributed by atoms with Crippen molar-refractivity contribution in [2.45, 2.75) is 26.1 Å². The molecule has 25 heavy (non-hydrogen) atoms. The summed E-state index contributed by atoms with van der Waals surface area (Å²) in [7, 11) is -3.08. The molecule has 2 rings (SSSR count). The van der Waals surface area contributed by atoms with Crippen LogP contribution in [-0.4, -0.2) is 31.6 Å². The zero-order valence-electron chi connectivity index (χ0n) is 13.8. The van der Waals surface area contributed by atoms with Crippen LogP contribution in [-0.2, 0) is 13.6 Å². The number of rotatable bonds is 6. The summed E-state index contributed by atoms with van der Waals surface area (Å²) in [4.78, 5) is 0. The Labute approximate surface area is 142 Å². The zero-order valence-corrected chi connectivity index (χ0v) is 14.7. The second-order valence-electron chi connectivity index (χ2n) is 4.95. The predicted molar refractivity (Wildman–Crippen MR) is 82.5 cm³/mol. The molecular formula is C15H18F3O6P. The van der Waals surface area contributed by atoms with Crippen molar-refractivity contribution in [2.75, 3.05) is 20.3 Å². The molecule has 0 saturated heterocycles. The van der Waals surface area contributed by atoms with Crippen molar-refractivity contribution in [3.05, 3.63) is 34.8 Å². The molecule has 1 N–H and O–H groups in total. The number of benzene rings is 1. The van der Waals surface area contributed by atoms with Gasteiger partial charge >= 0.3 is 13.8 Å². The molecule has 0 aromatic heterocycles. The topological polar surface area (TPSA) is 74.2 Å². The van der Waals surface area contributed by atoms with Gasteiger partial charge in [-0.25, -0.2) is 0 Å². The fourth-order valence-electron chi connectivity index (χ4n) is 2.39. The van der Waals surface area contributed by atoms with Gasteiger partial charge in [0.1, 0.15) is 22.9 Å². The summed E-state index contributed by atoms with van der Waals surface area (Å²) in [5.74, 6) is -1.52. The van der Waals surface area contributed by atoms with Gasteiger partial charge in [-0.1, -0.05) is 0 Å². The van der Waals surface area contributed by atoms with Crippen molar-refractivity contribution < 1.29 is 41.4 Å². The molecule has 6 nitrogen and oxygen atoms in total. The first-order valence-corrected chi connectivity index (χ1v) is 8.97. The summed E-state index contributed by atoms with van der Waals surface area (Å²) in [5, 5.41) is 9.57. The van der Waals surface area contributed by atoms with Crippen LogP contribution in [0.25, 0.3) is 0 Å². The maximum Gasteiger partial charge on any atom is 0.450 e. The third kappa shape index (κ3) is 3.84. The molecule has 1 atom stereocenters. The summed E-state index contributed by atoms with van der Waals surface area (Å²) in [5.41, 5.74) is -0.0259. The van der Waals surface area contributed by atoms with Crippen LogP contribution in [0.2, 0.25) is 0 Å². The van der Waals surface area contributed by atoms with Crippen LogP contribution in [0.3, 0.4) is 0 Å². The van der Waals surface area contributed by atoms with E-state index in [0.717, 1.165) is 0 Å². The first-order chi connectivity index (χ1) is 11.7. The third-order valence-electron chi connectivity index (χ3n) is 3.37. The van der Waals surface area contributed by atoms with Crippen molar-refractivity contribution in [2.24, 2.45) is 0 Å². The van der Waals surface area contributed by atoms with Crippen molar-refractivity contribution in [3.63, 3.8) is 0 Å². The van der Waals surface area contributed by atoms with Crippen LogP contribution in [0.1, 0.15) is 25.5 Å². The van der Waals surface area contributed by atoms with Crippen molar-refractivity contribution >= 4 is 7.60 Å². The monoisotopic (exact) mass is 382 g/mol. The van der Waals surface area contributed by atoms with Crippen LogP contribution in [0.4, 0.5) is 13.2 Å². The molecule has 1 unspecified atom stereocenters. The van der Waals surface area contributed by atoms with E-state index >= 15 is 0 Å². The van der Waals surface area contributed by atoms with Crippen LogP contribution < -0.4 is 9.47 Å².